The van der Waals surface area contributed by atoms with Crippen molar-refractivity contribution in [2.45, 2.75) is 11.8 Å². The molecule has 124 valence electrons. The fourth-order valence-electron chi connectivity index (χ4n) is 2.60. The first kappa shape index (κ1) is 17.2. The predicted octanol–water partition coefficient (Wildman–Crippen LogP) is 6.36. The summed E-state index contributed by atoms with van der Waals surface area (Å²) in [5, 5.41) is 0. The average Bonchev–Trinajstić information content (AvgIpc) is 2.68. The van der Waals surface area contributed by atoms with E-state index in [1.807, 2.05) is 60.7 Å². The molecule has 0 N–H and O–H groups in total. The van der Waals surface area contributed by atoms with Gasteiger partial charge in [-0.3, -0.25) is 4.79 Å². The molecule has 3 rings (SSSR count). The van der Waals surface area contributed by atoms with Crippen LogP contribution in [-0.4, -0.2) is 11.5 Å². The van der Waals surface area contributed by atoms with E-state index in [2.05, 4.69) is 31.2 Å². The van der Waals surface area contributed by atoms with Gasteiger partial charge in [-0.05, 0) is 58.9 Å². The molecule has 0 fully saturated rings. The Labute approximate surface area is 153 Å². The Morgan fingerprint density at radius 3 is 2.32 bits per heavy atom. The summed E-state index contributed by atoms with van der Waals surface area (Å²) in [6.07, 6.45) is 3.52. The first-order chi connectivity index (χ1) is 12.3. The highest BCUT2D eigenvalue weighted by atomic mass is 32.2. The molecule has 0 saturated carbocycles. The molecule has 0 unspecified atom stereocenters. The van der Waals surface area contributed by atoms with Crippen LogP contribution in [0.1, 0.15) is 22.8 Å². The minimum absolute atomic E-state index is 0.0261. The fraction of sp³-hybridized carbons (Fsp3) is 0.0870. The molecule has 0 bridgehead atoms. The molecular weight excluding hydrogens is 324 g/mol. The number of ketones is 1. The van der Waals surface area contributed by atoms with Gasteiger partial charge in [0.05, 0.1) is 0 Å². The molecule has 0 spiro atoms. The molecule has 0 atom stereocenters. The van der Waals surface area contributed by atoms with E-state index >= 15 is 0 Å². The molecule has 0 radical (unpaired) electrons. The quantitative estimate of drug-likeness (QED) is 0.294. The fourth-order valence-corrected chi connectivity index (χ4v) is 3.26. The van der Waals surface area contributed by atoms with Gasteiger partial charge in [0, 0.05) is 10.5 Å². The first-order valence-corrected chi connectivity index (χ1v) is 9.35. The van der Waals surface area contributed by atoms with E-state index in [9.17, 15) is 4.79 Å². The number of benzene rings is 3. The predicted molar refractivity (Wildman–Crippen MR) is 108 cm³/mol. The summed E-state index contributed by atoms with van der Waals surface area (Å²) in [6, 6.07) is 26.2. The number of hydrogen-bond donors (Lipinski definition) is 0. The van der Waals surface area contributed by atoms with Crippen LogP contribution in [0.3, 0.4) is 0 Å². The van der Waals surface area contributed by atoms with Gasteiger partial charge in [0.1, 0.15) is 0 Å². The molecule has 0 aliphatic rings. The summed E-state index contributed by atoms with van der Waals surface area (Å²) in [5.74, 6) is 1.06. The van der Waals surface area contributed by atoms with E-state index in [0.717, 1.165) is 22.4 Å². The third kappa shape index (κ3) is 4.71. The molecule has 3 aromatic rings. The van der Waals surface area contributed by atoms with E-state index in [1.54, 1.807) is 17.8 Å². The second kappa shape index (κ2) is 8.50. The van der Waals surface area contributed by atoms with Gasteiger partial charge >= 0.3 is 0 Å². The van der Waals surface area contributed by atoms with Crippen molar-refractivity contribution in [1.29, 1.82) is 0 Å². The molecule has 0 heterocycles. The zero-order valence-electron chi connectivity index (χ0n) is 14.2. The number of rotatable bonds is 6. The largest absolute Gasteiger partial charge is 0.289 e. The topological polar surface area (TPSA) is 17.1 Å². The lowest BCUT2D eigenvalue weighted by Gasteiger charge is -2.03. The van der Waals surface area contributed by atoms with Crippen LogP contribution >= 0.6 is 11.8 Å². The van der Waals surface area contributed by atoms with Crippen LogP contribution in [0.15, 0.2) is 89.8 Å². The minimum atomic E-state index is 0.0261. The number of carbonyl (C=O) groups excluding carboxylic acids is 1. The summed E-state index contributed by atoms with van der Waals surface area (Å²) in [5.41, 5.74) is 4.06. The molecule has 1 nitrogen and oxygen atoms in total. The Morgan fingerprint density at radius 1 is 0.880 bits per heavy atom. The Kier molecular flexibility index (Phi) is 5.86. The van der Waals surface area contributed by atoms with Gasteiger partial charge in [0.2, 0.25) is 0 Å². The van der Waals surface area contributed by atoms with Crippen molar-refractivity contribution in [3.8, 4) is 11.1 Å². The van der Waals surface area contributed by atoms with Gasteiger partial charge in [-0.15, -0.1) is 11.8 Å². The maximum atomic E-state index is 12.3. The van der Waals surface area contributed by atoms with Crippen LogP contribution in [0.5, 0.6) is 0 Å². The third-order valence-corrected chi connectivity index (χ3v) is 4.76. The van der Waals surface area contributed by atoms with E-state index in [4.69, 9.17) is 0 Å². The maximum absolute atomic E-state index is 12.3. The molecular formula is C23H20OS. The second-order valence-corrected chi connectivity index (χ2v) is 6.98. The van der Waals surface area contributed by atoms with Gasteiger partial charge < -0.3 is 0 Å². The highest BCUT2D eigenvalue weighted by Gasteiger charge is 2.02. The first-order valence-electron chi connectivity index (χ1n) is 8.37. The normalized spacial score (nSPS) is 10.9. The molecule has 3 aromatic carbocycles. The Balaban J connectivity index is 1.74. The summed E-state index contributed by atoms with van der Waals surface area (Å²) < 4.78 is 0. The van der Waals surface area contributed by atoms with Gasteiger partial charge in [-0.25, -0.2) is 0 Å². The SMILES string of the molecule is CCSc1ccc(C(=O)C=Cc2cccc(-c3ccccc3)c2)cc1. The van der Waals surface area contributed by atoms with Crippen LogP contribution in [0.2, 0.25) is 0 Å². The minimum Gasteiger partial charge on any atom is -0.289 e. The smallest absolute Gasteiger partial charge is 0.185 e. The Bertz CT molecular complexity index is 864. The lowest BCUT2D eigenvalue weighted by molar-refractivity contribution is 0.104. The molecule has 0 aliphatic carbocycles. The monoisotopic (exact) mass is 344 g/mol. The third-order valence-electron chi connectivity index (χ3n) is 3.87. The second-order valence-electron chi connectivity index (χ2n) is 5.65. The Morgan fingerprint density at radius 2 is 1.60 bits per heavy atom. The van der Waals surface area contributed by atoms with E-state index in [1.165, 1.54) is 10.5 Å². The lowest BCUT2D eigenvalue weighted by Crippen LogP contribution is -1.93. The Hall–Kier alpha value is -2.58. The summed E-state index contributed by atoms with van der Waals surface area (Å²) in [4.78, 5) is 13.5. The van der Waals surface area contributed by atoms with Crippen LogP contribution in [0.4, 0.5) is 0 Å². The van der Waals surface area contributed by atoms with Crippen molar-refractivity contribution in [3.05, 3.63) is 96.1 Å². The van der Waals surface area contributed by atoms with Crippen molar-refractivity contribution in [2.75, 3.05) is 5.75 Å². The molecule has 0 saturated heterocycles. The number of hydrogen-bond acceptors (Lipinski definition) is 2. The van der Waals surface area contributed by atoms with Crippen molar-refractivity contribution in [3.63, 3.8) is 0 Å². The standard InChI is InChI=1S/C23H20OS/c1-2-25-22-14-12-20(13-15-22)23(24)16-11-18-7-6-10-21(17-18)19-8-4-3-5-9-19/h3-17H,2H2,1H3. The van der Waals surface area contributed by atoms with Gasteiger partial charge in [-0.1, -0.05) is 61.5 Å². The van der Waals surface area contributed by atoms with Crippen molar-refractivity contribution >= 4 is 23.6 Å². The number of thioether (sulfide) groups is 1. The maximum Gasteiger partial charge on any atom is 0.185 e. The van der Waals surface area contributed by atoms with Gasteiger partial charge in [-0.2, -0.15) is 0 Å². The zero-order valence-corrected chi connectivity index (χ0v) is 15.0. The molecule has 2 heteroatoms. The van der Waals surface area contributed by atoms with E-state index in [-0.39, 0.29) is 5.78 Å². The van der Waals surface area contributed by atoms with Gasteiger partial charge in [0.15, 0.2) is 5.78 Å². The van der Waals surface area contributed by atoms with Crippen molar-refractivity contribution in [2.24, 2.45) is 0 Å². The van der Waals surface area contributed by atoms with Crippen LogP contribution in [0.25, 0.3) is 17.2 Å². The van der Waals surface area contributed by atoms with Crippen LogP contribution in [-0.2, 0) is 0 Å². The summed E-state index contributed by atoms with van der Waals surface area (Å²) in [7, 11) is 0. The average molecular weight is 344 g/mol. The lowest BCUT2D eigenvalue weighted by atomic mass is 10.0. The van der Waals surface area contributed by atoms with E-state index in [0.29, 0.717) is 0 Å². The van der Waals surface area contributed by atoms with Crippen molar-refractivity contribution in [1.82, 2.24) is 0 Å². The van der Waals surface area contributed by atoms with E-state index < -0.39 is 0 Å². The highest BCUT2D eigenvalue weighted by Crippen LogP contribution is 2.21. The zero-order chi connectivity index (χ0) is 17.5. The molecule has 0 aromatic heterocycles. The highest BCUT2D eigenvalue weighted by molar-refractivity contribution is 7.99. The molecule has 0 amide bonds. The van der Waals surface area contributed by atoms with Crippen LogP contribution in [0, 0.1) is 0 Å². The number of carbonyl (C=O) groups is 1. The molecule has 0 aliphatic heterocycles. The number of allylic oxidation sites excluding steroid dienone is 1. The van der Waals surface area contributed by atoms with Crippen LogP contribution < -0.4 is 0 Å². The summed E-state index contributed by atoms with van der Waals surface area (Å²) in [6.45, 7) is 2.12. The van der Waals surface area contributed by atoms with Gasteiger partial charge in [0.25, 0.3) is 0 Å². The molecule has 25 heavy (non-hydrogen) atoms. The van der Waals surface area contributed by atoms with Crippen molar-refractivity contribution < 1.29 is 4.79 Å². The summed E-state index contributed by atoms with van der Waals surface area (Å²) >= 11 is 1.78.